The molecule has 2 aromatic rings. The van der Waals surface area contributed by atoms with Gasteiger partial charge in [-0.1, -0.05) is 25.4 Å². The molecule has 2 rings (SSSR count). The molecule has 0 aliphatic carbocycles. The summed E-state index contributed by atoms with van der Waals surface area (Å²) >= 11 is 5.77. The number of pyridine rings is 1. The summed E-state index contributed by atoms with van der Waals surface area (Å²) in [4.78, 5) is 3.89. The smallest absolute Gasteiger partial charge is 0.172 e. The quantitative estimate of drug-likeness (QED) is 0.601. The third-order valence-electron chi connectivity index (χ3n) is 1.51. The molecular weight excluding hydrogens is 186 g/mol. The summed E-state index contributed by atoms with van der Waals surface area (Å²) in [5.41, 5.74) is 0.673. The summed E-state index contributed by atoms with van der Waals surface area (Å²) in [6, 6.07) is 3.81. The van der Waals surface area contributed by atoms with Crippen molar-refractivity contribution < 1.29 is 4.42 Å². The maximum Gasteiger partial charge on any atom is 0.172 e. The molecule has 0 fully saturated rings. The number of halogens is 1. The van der Waals surface area contributed by atoms with Crippen LogP contribution in [0.2, 0.25) is 5.15 Å². The molecule has 70 valence electrons. The molecule has 0 unspecified atom stereocenters. The van der Waals surface area contributed by atoms with Crippen molar-refractivity contribution in [2.75, 3.05) is 0 Å². The normalized spacial score (nSPS) is 9.54. The van der Waals surface area contributed by atoms with Crippen molar-refractivity contribution in [3.63, 3.8) is 0 Å². The lowest BCUT2D eigenvalue weighted by Crippen LogP contribution is -1.71. The van der Waals surface area contributed by atoms with Gasteiger partial charge in [0.05, 0.1) is 0 Å². The monoisotopic (exact) mass is 197 g/mol. The summed E-state index contributed by atoms with van der Waals surface area (Å²) in [6.45, 7) is 5.89. The lowest BCUT2D eigenvalue weighted by molar-refractivity contribution is 0.577. The van der Waals surface area contributed by atoms with E-state index in [0.717, 1.165) is 11.1 Å². The predicted molar refractivity (Wildman–Crippen MR) is 55.1 cm³/mol. The minimum atomic E-state index is 0.426. The highest BCUT2D eigenvalue weighted by Gasteiger charge is 2.03. The van der Waals surface area contributed by atoms with Crippen molar-refractivity contribution >= 4 is 22.6 Å². The van der Waals surface area contributed by atoms with Crippen LogP contribution in [-0.4, -0.2) is 4.98 Å². The first-order valence-electron chi connectivity index (χ1n) is 4.28. The Labute approximate surface area is 82.5 Å². The molecule has 0 amide bonds. The van der Waals surface area contributed by atoms with Crippen LogP contribution in [-0.2, 0) is 0 Å². The number of fused-ring (bicyclic) bond motifs is 1. The van der Waals surface area contributed by atoms with Gasteiger partial charge in [0, 0.05) is 11.6 Å². The predicted octanol–water partition coefficient (Wildman–Crippen LogP) is 3.82. The van der Waals surface area contributed by atoms with E-state index in [2.05, 4.69) is 4.98 Å². The fraction of sp³-hybridized carbons (Fsp3) is 0.300. The number of hydrogen-bond donors (Lipinski definition) is 0. The van der Waals surface area contributed by atoms with E-state index in [-0.39, 0.29) is 0 Å². The molecule has 2 aromatic heterocycles. The van der Waals surface area contributed by atoms with Crippen molar-refractivity contribution in [3.05, 3.63) is 29.2 Å². The molecule has 2 heterocycles. The zero-order chi connectivity index (χ0) is 9.84. The van der Waals surface area contributed by atoms with Crippen molar-refractivity contribution in [1.29, 1.82) is 0 Å². The molecule has 3 heteroatoms. The minimum Gasteiger partial charge on any atom is -0.458 e. The number of hydrogen-bond acceptors (Lipinski definition) is 2. The number of aromatic nitrogens is 1. The second-order valence-electron chi connectivity index (χ2n) is 2.38. The SMILES string of the molecule is CC.Cc1cc2ccnc(Cl)c2o1. The van der Waals surface area contributed by atoms with E-state index in [9.17, 15) is 0 Å². The molecule has 0 atom stereocenters. The maximum atomic E-state index is 5.77. The standard InChI is InChI=1S/C8H6ClNO.C2H6/c1-5-4-6-2-3-10-8(9)7(6)11-5;1-2/h2-4H,1H3;1-2H3. The zero-order valence-corrected chi connectivity index (χ0v) is 8.72. The van der Waals surface area contributed by atoms with Crippen LogP contribution in [0.1, 0.15) is 19.6 Å². The van der Waals surface area contributed by atoms with Gasteiger partial charge in [0.1, 0.15) is 5.76 Å². The Morgan fingerprint density at radius 1 is 1.38 bits per heavy atom. The van der Waals surface area contributed by atoms with Crippen LogP contribution < -0.4 is 0 Å². The van der Waals surface area contributed by atoms with Gasteiger partial charge < -0.3 is 4.42 Å². The van der Waals surface area contributed by atoms with Gasteiger partial charge in [-0.05, 0) is 19.1 Å². The Hall–Kier alpha value is -1.02. The topological polar surface area (TPSA) is 26.0 Å². The van der Waals surface area contributed by atoms with E-state index >= 15 is 0 Å². The molecule has 0 saturated heterocycles. The Morgan fingerprint density at radius 3 is 2.69 bits per heavy atom. The van der Waals surface area contributed by atoms with Crippen LogP contribution in [0.4, 0.5) is 0 Å². The van der Waals surface area contributed by atoms with Crippen molar-refractivity contribution in [2.45, 2.75) is 20.8 Å². The molecule has 0 aromatic carbocycles. The largest absolute Gasteiger partial charge is 0.458 e. The van der Waals surface area contributed by atoms with Gasteiger partial charge in [-0.25, -0.2) is 4.98 Å². The van der Waals surface area contributed by atoms with E-state index < -0.39 is 0 Å². The van der Waals surface area contributed by atoms with Crippen molar-refractivity contribution in [3.8, 4) is 0 Å². The van der Waals surface area contributed by atoms with Crippen LogP contribution in [0.3, 0.4) is 0 Å². The zero-order valence-electron chi connectivity index (χ0n) is 7.97. The van der Waals surface area contributed by atoms with E-state index in [1.807, 2.05) is 32.9 Å². The number of nitrogens with zero attached hydrogens (tertiary/aromatic N) is 1. The number of furan rings is 1. The third-order valence-corrected chi connectivity index (χ3v) is 1.78. The first-order chi connectivity index (χ1) is 6.27. The first kappa shape index (κ1) is 10.1. The van der Waals surface area contributed by atoms with Crippen molar-refractivity contribution in [1.82, 2.24) is 4.98 Å². The Morgan fingerprint density at radius 2 is 2.08 bits per heavy atom. The Balaban J connectivity index is 0.000000396. The summed E-state index contributed by atoms with van der Waals surface area (Å²) in [5.74, 6) is 0.856. The second-order valence-corrected chi connectivity index (χ2v) is 2.74. The van der Waals surface area contributed by atoms with Gasteiger partial charge in [0.15, 0.2) is 10.7 Å². The molecule has 13 heavy (non-hydrogen) atoms. The van der Waals surface area contributed by atoms with Crippen LogP contribution in [0.5, 0.6) is 0 Å². The molecule has 0 spiro atoms. The molecule has 0 radical (unpaired) electrons. The highest BCUT2D eigenvalue weighted by atomic mass is 35.5. The van der Waals surface area contributed by atoms with Gasteiger partial charge in [-0.2, -0.15) is 0 Å². The molecule has 0 saturated carbocycles. The fourth-order valence-corrected chi connectivity index (χ4v) is 1.26. The number of aryl methyl sites for hydroxylation is 1. The highest BCUT2D eigenvalue weighted by molar-refractivity contribution is 6.33. The fourth-order valence-electron chi connectivity index (χ4n) is 1.06. The molecule has 0 N–H and O–H groups in total. The molecule has 2 nitrogen and oxygen atoms in total. The maximum absolute atomic E-state index is 5.77. The van der Waals surface area contributed by atoms with Gasteiger partial charge in [-0.3, -0.25) is 0 Å². The lowest BCUT2D eigenvalue weighted by atomic mass is 10.3. The molecular formula is C10H12ClNO. The average molecular weight is 198 g/mol. The lowest BCUT2D eigenvalue weighted by Gasteiger charge is -1.87. The third kappa shape index (κ3) is 2.01. The second kappa shape index (κ2) is 4.28. The van der Waals surface area contributed by atoms with Gasteiger partial charge in [0.25, 0.3) is 0 Å². The Kier molecular flexibility index (Phi) is 3.32. The first-order valence-corrected chi connectivity index (χ1v) is 4.66. The van der Waals surface area contributed by atoms with Gasteiger partial charge in [0.2, 0.25) is 0 Å². The van der Waals surface area contributed by atoms with Gasteiger partial charge in [-0.15, -0.1) is 0 Å². The van der Waals surface area contributed by atoms with Crippen LogP contribution in [0.15, 0.2) is 22.7 Å². The summed E-state index contributed by atoms with van der Waals surface area (Å²) in [5, 5.41) is 1.43. The Bertz CT molecular complexity index is 395. The summed E-state index contributed by atoms with van der Waals surface area (Å²) in [7, 11) is 0. The van der Waals surface area contributed by atoms with E-state index in [4.69, 9.17) is 16.0 Å². The van der Waals surface area contributed by atoms with Gasteiger partial charge >= 0.3 is 0 Å². The summed E-state index contributed by atoms with van der Waals surface area (Å²) in [6.07, 6.45) is 1.67. The van der Waals surface area contributed by atoms with E-state index in [1.165, 1.54) is 0 Å². The highest BCUT2D eigenvalue weighted by Crippen LogP contribution is 2.23. The molecule has 0 aliphatic heterocycles. The van der Waals surface area contributed by atoms with Crippen LogP contribution >= 0.6 is 11.6 Å². The average Bonchev–Trinajstić information content (AvgIpc) is 2.51. The van der Waals surface area contributed by atoms with Crippen LogP contribution in [0, 0.1) is 6.92 Å². The van der Waals surface area contributed by atoms with Crippen LogP contribution in [0.25, 0.3) is 11.0 Å². The van der Waals surface area contributed by atoms with E-state index in [1.54, 1.807) is 6.20 Å². The summed E-state index contributed by atoms with van der Waals surface area (Å²) < 4.78 is 5.30. The van der Waals surface area contributed by atoms with E-state index in [0.29, 0.717) is 10.7 Å². The molecule has 0 aliphatic rings. The van der Waals surface area contributed by atoms with Crippen molar-refractivity contribution in [2.24, 2.45) is 0 Å². The molecule has 0 bridgehead atoms. The minimum absolute atomic E-state index is 0.426. The number of rotatable bonds is 0.